The Morgan fingerprint density at radius 2 is 1.78 bits per heavy atom. The van der Waals surface area contributed by atoms with Crippen LogP contribution in [0.5, 0.6) is 5.75 Å². The zero-order chi connectivity index (χ0) is 13.0. The molecule has 2 N–H and O–H groups in total. The van der Waals surface area contributed by atoms with E-state index >= 15 is 0 Å². The smallest absolute Gasteiger partial charge is 0.204 e. The lowest BCUT2D eigenvalue weighted by Gasteiger charge is -2.12. The van der Waals surface area contributed by atoms with Crippen molar-refractivity contribution in [2.75, 3.05) is 24.8 Å². The third-order valence-electron chi connectivity index (χ3n) is 2.35. The van der Waals surface area contributed by atoms with E-state index < -0.39 is 0 Å². The van der Waals surface area contributed by atoms with Gasteiger partial charge in [0.2, 0.25) is 5.75 Å². The maximum absolute atomic E-state index is 5.30. The van der Waals surface area contributed by atoms with Crippen molar-refractivity contribution in [2.24, 2.45) is 0 Å². The summed E-state index contributed by atoms with van der Waals surface area (Å²) in [7, 11) is 3.38. The molecular weight excluding hydrogens is 296 g/mol. The molecule has 0 radical (unpaired) electrons. The molecule has 1 aromatic heterocycles. The summed E-state index contributed by atoms with van der Waals surface area (Å²) in [5, 5.41) is 6.15. The molecule has 0 unspecified atom stereocenters. The molecule has 0 aliphatic heterocycles. The second kappa shape index (κ2) is 5.68. The number of ether oxygens (including phenoxy) is 1. The second-order valence-electron chi connectivity index (χ2n) is 3.49. The molecule has 0 spiro atoms. The van der Waals surface area contributed by atoms with Crippen molar-refractivity contribution in [1.29, 1.82) is 0 Å². The number of hydrogen-bond donors (Lipinski definition) is 2. The third kappa shape index (κ3) is 2.70. The van der Waals surface area contributed by atoms with Crippen LogP contribution in [0.1, 0.15) is 0 Å². The van der Waals surface area contributed by atoms with Crippen LogP contribution in [0, 0.1) is 0 Å². The fraction of sp³-hybridized carbons (Fsp3) is 0.167. The van der Waals surface area contributed by atoms with Crippen molar-refractivity contribution < 1.29 is 4.74 Å². The third-order valence-corrected chi connectivity index (χ3v) is 2.88. The predicted molar refractivity (Wildman–Crippen MR) is 75.6 cm³/mol. The Hall–Kier alpha value is -1.82. The van der Waals surface area contributed by atoms with Crippen LogP contribution >= 0.6 is 15.9 Å². The molecule has 18 heavy (non-hydrogen) atoms. The summed E-state index contributed by atoms with van der Waals surface area (Å²) in [6.45, 7) is 0. The van der Waals surface area contributed by atoms with Crippen LogP contribution in [-0.2, 0) is 0 Å². The summed E-state index contributed by atoms with van der Waals surface area (Å²) >= 11 is 3.39. The first kappa shape index (κ1) is 12.6. The van der Waals surface area contributed by atoms with Crippen LogP contribution in [0.3, 0.4) is 0 Å². The van der Waals surface area contributed by atoms with Crippen LogP contribution in [0.2, 0.25) is 0 Å². The summed E-state index contributed by atoms with van der Waals surface area (Å²) < 4.78 is 6.33. The first-order chi connectivity index (χ1) is 8.74. The molecule has 0 saturated carbocycles. The minimum atomic E-state index is 0.586. The highest BCUT2D eigenvalue weighted by Gasteiger charge is 2.10. The number of benzene rings is 1. The summed E-state index contributed by atoms with van der Waals surface area (Å²) in [5.41, 5.74) is 0.928. The van der Waals surface area contributed by atoms with Crippen molar-refractivity contribution in [3.05, 3.63) is 35.1 Å². The van der Waals surface area contributed by atoms with Gasteiger partial charge in [-0.05, 0) is 24.3 Å². The molecule has 0 bridgehead atoms. The van der Waals surface area contributed by atoms with E-state index in [4.69, 9.17) is 4.74 Å². The van der Waals surface area contributed by atoms with Crippen LogP contribution in [0.15, 0.2) is 35.1 Å². The Kier molecular flexibility index (Phi) is 3.99. The number of aromatic nitrogens is 2. The lowest BCUT2D eigenvalue weighted by atomic mass is 10.3. The number of rotatable bonds is 4. The molecule has 0 aliphatic carbocycles. The van der Waals surface area contributed by atoms with Crippen molar-refractivity contribution in [3.63, 3.8) is 0 Å². The van der Waals surface area contributed by atoms with Gasteiger partial charge in [0.25, 0.3) is 0 Å². The molecule has 94 valence electrons. The zero-order valence-electron chi connectivity index (χ0n) is 10.1. The van der Waals surface area contributed by atoms with Gasteiger partial charge in [-0.2, -0.15) is 0 Å². The first-order valence-electron chi connectivity index (χ1n) is 5.34. The Labute approximate surface area is 114 Å². The van der Waals surface area contributed by atoms with E-state index in [1.54, 1.807) is 14.2 Å². The maximum atomic E-state index is 5.30. The Morgan fingerprint density at radius 1 is 1.11 bits per heavy atom. The average molecular weight is 309 g/mol. The van der Waals surface area contributed by atoms with Crippen molar-refractivity contribution in [2.45, 2.75) is 0 Å². The van der Waals surface area contributed by atoms with E-state index in [0.29, 0.717) is 17.4 Å². The molecule has 0 atom stereocenters. The molecule has 0 amide bonds. The number of anilines is 3. The number of halogens is 1. The molecule has 6 heteroatoms. The topological polar surface area (TPSA) is 59.1 Å². The molecular formula is C12H13BrN4O. The first-order valence-corrected chi connectivity index (χ1v) is 6.13. The Morgan fingerprint density at radius 3 is 2.39 bits per heavy atom. The molecule has 0 saturated heterocycles. The second-order valence-corrected chi connectivity index (χ2v) is 4.40. The minimum Gasteiger partial charge on any atom is -0.490 e. The van der Waals surface area contributed by atoms with Crippen LogP contribution < -0.4 is 15.4 Å². The molecule has 0 aliphatic rings. The maximum Gasteiger partial charge on any atom is 0.204 e. The van der Waals surface area contributed by atoms with Crippen LogP contribution in [0.4, 0.5) is 17.3 Å². The fourth-order valence-corrected chi connectivity index (χ4v) is 1.77. The fourth-order valence-electron chi connectivity index (χ4n) is 1.50. The van der Waals surface area contributed by atoms with Gasteiger partial charge in [0.1, 0.15) is 6.33 Å². The van der Waals surface area contributed by atoms with Gasteiger partial charge in [-0.25, -0.2) is 9.97 Å². The molecule has 1 aromatic carbocycles. The molecule has 2 rings (SSSR count). The van der Waals surface area contributed by atoms with Gasteiger partial charge in [-0.3, -0.25) is 0 Å². The zero-order valence-corrected chi connectivity index (χ0v) is 11.7. The number of nitrogens with zero attached hydrogens (tertiary/aromatic N) is 2. The van der Waals surface area contributed by atoms with Crippen molar-refractivity contribution in [1.82, 2.24) is 9.97 Å². The lowest BCUT2D eigenvalue weighted by Crippen LogP contribution is -2.03. The van der Waals surface area contributed by atoms with E-state index in [0.717, 1.165) is 10.2 Å². The molecule has 0 fully saturated rings. The number of methoxy groups -OCH3 is 1. The highest BCUT2D eigenvalue weighted by Crippen LogP contribution is 2.30. The van der Waals surface area contributed by atoms with Crippen LogP contribution in [-0.4, -0.2) is 24.1 Å². The van der Waals surface area contributed by atoms with E-state index in [1.165, 1.54) is 6.33 Å². The summed E-state index contributed by atoms with van der Waals surface area (Å²) in [6, 6.07) is 7.80. The quantitative estimate of drug-likeness (QED) is 0.909. The van der Waals surface area contributed by atoms with E-state index in [-0.39, 0.29) is 0 Å². The average Bonchev–Trinajstić information content (AvgIpc) is 2.41. The number of hydrogen-bond acceptors (Lipinski definition) is 5. The van der Waals surface area contributed by atoms with E-state index in [2.05, 4.69) is 36.5 Å². The van der Waals surface area contributed by atoms with Crippen LogP contribution in [0.25, 0.3) is 0 Å². The SMILES string of the molecule is CNc1ncnc(Nc2ccc(Br)cc2)c1OC. The summed E-state index contributed by atoms with van der Waals surface area (Å²) in [5.74, 6) is 1.86. The van der Waals surface area contributed by atoms with E-state index in [9.17, 15) is 0 Å². The van der Waals surface area contributed by atoms with Gasteiger partial charge in [-0.1, -0.05) is 15.9 Å². The standard InChI is InChI=1S/C12H13BrN4O/c1-14-11-10(18-2)12(16-7-15-11)17-9-5-3-8(13)4-6-9/h3-7H,1-2H3,(H2,14,15,16,17). The number of nitrogens with one attached hydrogen (secondary N) is 2. The Balaban J connectivity index is 2.31. The van der Waals surface area contributed by atoms with Gasteiger partial charge < -0.3 is 15.4 Å². The molecule has 2 aromatic rings. The Bertz CT molecular complexity index is 530. The van der Waals surface area contributed by atoms with Gasteiger partial charge in [-0.15, -0.1) is 0 Å². The summed E-state index contributed by atoms with van der Waals surface area (Å²) in [6.07, 6.45) is 1.48. The van der Waals surface area contributed by atoms with Gasteiger partial charge in [0.05, 0.1) is 7.11 Å². The highest BCUT2D eigenvalue weighted by molar-refractivity contribution is 9.10. The van der Waals surface area contributed by atoms with Crippen molar-refractivity contribution in [3.8, 4) is 5.75 Å². The summed E-state index contributed by atoms with van der Waals surface area (Å²) in [4.78, 5) is 8.27. The van der Waals surface area contributed by atoms with Crippen molar-refractivity contribution >= 4 is 33.3 Å². The monoisotopic (exact) mass is 308 g/mol. The predicted octanol–water partition coefficient (Wildman–Crippen LogP) is 3.03. The van der Waals surface area contributed by atoms with Gasteiger partial charge >= 0.3 is 0 Å². The molecule has 1 heterocycles. The largest absolute Gasteiger partial charge is 0.490 e. The minimum absolute atomic E-state index is 0.586. The normalized spacial score (nSPS) is 9.94. The van der Waals surface area contributed by atoms with E-state index in [1.807, 2.05) is 24.3 Å². The van der Waals surface area contributed by atoms with Gasteiger partial charge in [0.15, 0.2) is 11.6 Å². The highest BCUT2D eigenvalue weighted by atomic mass is 79.9. The lowest BCUT2D eigenvalue weighted by molar-refractivity contribution is 0.415. The molecule has 5 nitrogen and oxygen atoms in total. The van der Waals surface area contributed by atoms with Gasteiger partial charge in [0, 0.05) is 17.2 Å².